The number of carbonyl (C=O) groups excluding carboxylic acids is 1. The van der Waals surface area contributed by atoms with Gasteiger partial charge < -0.3 is 19.4 Å². The molecule has 0 spiro atoms. The number of hydrogen-bond acceptors (Lipinski definition) is 4. The first-order valence-corrected chi connectivity index (χ1v) is 9.03. The van der Waals surface area contributed by atoms with E-state index in [1.807, 2.05) is 35.2 Å². The first kappa shape index (κ1) is 17.5. The van der Waals surface area contributed by atoms with Gasteiger partial charge in [-0.05, 0) is 29.8 Å². The van der Waals surface area contributed by atoms with E-state index in [4.69, 9.17) is 21.1 Å². The molecule has 0 saturated carbocycles. The molecule has 1 aliphatic rings. The zero-order valence-corrected chi connectivity index (χ0v) is 15.6. The van der Waals surface area contributed by atoms with E-state index in [0.29, 0.717) is 47.7 Å². The maximum atomic E-state index is 12.7. The second-order valence-corrected chi connectivity index (χ2v) is 6.64. The standard InChI is InChI=1S/C19H19ClN4O3/c1-23-19(24-5-2-3-6-24)14(12-22-23)18(25)21-11-13-9-15(20)17-16(10-13)26-7-4-8-27-17/h2-3,5-6,9-10,12H,4,7-8,11H2,1H3,(H,21,25). The molecule has 0 saturated heterocycles. The molecule has 3 heterocycles. The number of rotatable bonds is 4. The Hall–Kier alpha value is -2.93. The summed E-state index contributed by atoms with van der Waals surface area (Å²) in [6.07, 6.45) is 6.11. The van der Waals surface area contributed by atoms with Crippen LogP contribution < -0.4 is 14.8 Å². The van der Waals surface area contributed by atoms with Crippen LogP contribution in [0.25, 0.3) is 5.82 Å². The number of aryl methyl sites for hydroxylation is 1. The molecule has 0 unspecified atom stereocenters. The van der Waals surface area contributed by atoms with Crippen molar-refractivity contribution in [1.29, 1.82) is 0 Å². The van der Waals surface area contributed by atoms with Gasteiger partial charge in [0, 0.05) is 32.4 Å². The van der Waals surface area contributed by atoms with Gasteiger partial charge in [0.2, 0.25) is 0 Å². The molecule has 1 amide bonds. The first-order valence-electron chi connectivity index (χ1n) is 8.65. The van der Waals surface area contributed by atoms with E-state index in [-0.39, 0.29) is 5.91 Å². The third kappa shape index (κ3) is 3.50. The molecule has 0 radical (unpaired) electrons. The maximum absolute atomic E-state index is 12.7. The maximum Gasteiger partial charge on any atom is 0.256 e. The van der Waals surface area contributed by atoms with Crippen LogP contribution in [0.3, 0.4) is 0 Å². The molecule has 8 heteroatoms. The van der Waals surface area contributed by atoms with Crippen LogP contribution in [0.1, 0.15) is 22.3 Å². The van der Waals surface area contributed by atoms with Gasteiger partial charge in [-0.3, -0.25) is 9.48 Å². The molecular formula is C19H19ClN4O3. The van der Waals surface area contributed by atoms with E-state index in [1.54, 1.807) is 24.0 Å². The topological polar surface area (TPSA) is 70.3 Å². The average Bonchev–Trinajstić information content (AvgIpc) is 3.23. The average molecular weight is 387 g/mol. The fourth-order valence-corrected chi connectivity index (χ4v) is 3.32. The highest BCUT2D eigenvalue weighted by molar-refractivity contribution is 6.32. The van der Waals surface area contributed by atoms with Gasteiger partial charge in [-0.2, -0.15) is 5.10 Å². The third-order valence-corrected chi connectivity index (χ3v) is 4.60. The molecule has 2 aromatic heterocycles. The van der Waals surface area contributed by atoms with Crippen LogP contribution >= 0.6 is 11.6 Å². The monoisotopic (exact) mass is 386 g/mol. The molecule has 140 valence electrons. The molecule has 4 rings (SSSR count). The lowest BCUT2D eigenvalue weighted by atomic mass is 10.2. The predicted molar refractivity (Wildman–Crippen MR) is 101 cm³/mol. The molecule has 0 atom stereocenters. The number of nitrogens with one attached hydrogen (secondary N) is 1. The number of halogens is 1. The second-order valence-electron chi connectivity index (χ2n) is 6.23. The number of aromatic nitrogens is 3. The predicted octanol–water partition coefficient (Wildman–Crippen LogP) is 2.96. The molecule has 0 fully saturated rings. The van der Waals surface area contributed by atoms with Crippen molar-refractivity contribution in [3.8, 4) is 17.3 Å². The van der Waals surface area contributed by atoms with Gasteiger partial charge in [0.15, 0.2) is 11.5 Å². The molecule has 27 heavy (non-hydrogen) atoms. The van der Waals surface area contributed by atoms with Crippen molar-refractivity contribution < 1.29 is 14.3 Å². The molecule has 1 aliphatic heterocycles. The Morgan fingerprint density at radius 3 is 2.85 bits per heavy atom. The van der Waals surface area contributed by atoms with Crippen molar-refractivity contribution >= 4 is 17.5 Å². The molecule has 0 bridgehead atoms. The van der Waals surface area contributed by atoms with Gasteiger partial charge in [0.25, 0.3) is 5.91 Å². The van der Waals surface area contributed by atoms with Crippen molar-refractivity contribution in [2.45, 2.75) is 13.0 Å². The summed E-state index contributed by atoms with van der Waals surface area (Å²) in [6, 6.07) is 7.43. The summed E-state index contributed by atoms with van der Waals surface area (Å²) in [4.78, 5) is 12.7. The van der Waals surface area contributed by atoms with Crippen molar-refractivity contribution in [2.75, 3.05) is 13.2 Å². The smallest absolute Gasteiger partial charge is 0.256 e. The number of hydrogen-bond donors (Lipinski definition) is 1. The fourth-order valence-electron chi connectivity index (χ4n) is 3.04. The minimum absolute atomic E-state index is 0.213. The number of carbonyl (C=O) groups is 1. The summed E-state index contributed by atoms with van der Waals surface area (Å²) in [7, 11) is 1.80. The van der Waals surface area contributed by atoms with Crippen molar-refractivity contribution in [2.24, 2.45) is 7.05 Å². The summed E-state index contributed by atoms with van der Waals surface area (Å²) in [5, 5.41) is 7.61. The van der Waals surface area contributed by atoms with Crippen LogP contribution in [0, 0.1) is 0 Å². The van der Waals surface area contributed by atoms with Gasteiger partial charge in [0.1, 0.15) is 11.4 Å². The molecule has 1 aromatic carbocycles. The first-order chi connectivity index (χ1) is 13.1. The Morgan fingerprint density at radius 2 is 2.04 bits per heavy atom. The van der Waals surface area contributed by atoms with Gasteiger partial charge in [-0.25, -0.2) is 0 Å². The lowest BCUT2D eigenvalue weighted by Gasteiger charge is -2.12. The lowest BCUT2D eigenvalue weighted by Crippen LogP contribution is -2.24. The van der Waals surface area contributed by atoms with E-state index in [0.717, 1.165) is 12.0 Å². The van der Waals surface area contributed by atoms with Crippen LogP contribution in [-0.2, 0) is 13.6 Å². The van der Waals surface area contributed by atoms with E-state index >= 15 is 0 Å². The number of benzene rings is 1. The zero-order valence-electron chi connectivity index (χ0n) is 14.8. The fraction of sp³-hybridized carbons (Fsp3) is 0.263. The number of amides is 1. The van der Waals surface area contributed by atoms with E-state index in [1.165, 1.54) is 0 Å². The normalized spacial score (nSPS) is 13.3. The van der Waals surface area contributed by atoms with Crippen LogP contribution in [0.5, 0.6) is 11.5 Å². The second kappa shape index (κ2) is 7.36. The Bertz CT molecular complexity index is 966. The highest BCUT2D eigenvalue weighted by atomic mass is 35.5. The summed E-state index contributed by atoms with van der Waals surface area (Å²) >= 11 is 6.31. The van der Waals surface area contributed by atoms with Crippen molar-refractivity contribution in [1.82, 2.24) is 19.7 Å². The van der Waals surface area contributed by atoms with Gasteiger partial charge >= 0.3 is 0 Å². The summed E-state index contributed by atoms with van der Waals surface area (Å²) < 4.78 is 14.8. The van der Waals surface area contributed by atoms with Gasteiger partial charge in [-0.15, -0.1) is 0 Å². The van der Waals surface area contributed by atoms with Crippen LogP contribution in [0.4, 0.5) is 0 Å². The number of nitrogens with zero attached hydrogens (tertiary/aromatic N) is 3. The third-order valence-electron chi connectivity index (χ3n) is 4.32. The summed E-state index contributed by atoms with van der Waals surface area (Å²) in [5.41, 5.74) is 1.33. The van der Waals surface area contributed by atoms with Crippen molar-refractivity contribution in [3.05, 3.63) is 59.0 Å². The van der Waals surface area contributed by atoms with Gasteiger partial charge in [0.05, 0.1) is 24.4 Å². The molecule has 7 nitrogen and oxygen atoms in total. The van der Waals surface area contributed by atoms with Crippen LogP contribution in [0.15, 0.2) is 42.9 Å². The minimum atomic E-state index is -0.213. The number of fused-ring (bicyclic) bond motifs is 1. The molecular weight excluding hydrogens is 368 g/mol. The minimum Gasteiger partial charge on any atom is -0.489 e. The Kier molecular flexibility index (Phi) is 4.77. The zero-order chi connectivity index (χ0) is 18.8. The summed E-state index contributed by atoms with van der Waals surface area (Å²) in [6.45, 7) is 1.47. The number of ether oxygens (including phenoxy) is 2. The Labute approximate surface area is 161 Å². The van der Waals surface area contributed by atoms with Gasteiger partial charge in [-0.1, -0.05) is 11.6 Å². The lowest BCUT2D eigenvalue weighted by molar-refractivity contribution is 0.0950. The van der Waals surface area contributed by atoms with Crippen molar-refractivity contribution in [3.63, 3.8) is 0 Å². The van der Waals surface area contributed by atoms with E-state index in [2.05, 4.69) is 10.4 Å². The van der Waals surface area contributed by atoms with E-state index < -0.39 is 0 Å². The SMILES string of the molecule is Cn1ncc(C(=O)NCc2cc(Cl)c3c(c2)OCCCO3)c1-n1cccc1. The highest BCUT2D eigenvalue weighted by Gasteiger charge is 2.19. The van der Waals surface area contributed by atoms with Crippen LogP contribution in [-0.4, -0.2) is 33.5 Å². The molecule has 0 aliphatic carbocycles. The quantitative estimate of drug-likeness (QED) is 0.748. The Balaban J connectivity index is 1.52. The van der Waals surface area contributed by atoms with Crippen LogP contribution in [0.2, 0.25) is 5.02 Å². The largest absolute Gasteiger partial charge is 0.489 e. The molecule has 3 aromatic rings. The molecule has 1 N–H and O–H groups in total. The summed E-state index contributed by atoms with van der Waals surface area (Å²) in [5.74, 6) is 1.66. The highest BCUT2D eigenvalue weighted by Crippen LogP contribution is 2.38. The Morgan fingerprint density at radius 1 is 1.26 bits per heavy atom. The van der Waals surface area contributed by atoms with E-state index in [9.17, 15) is 4.79 Å².